The highest BCUT2D eigenvalue weighted by Crippen LogP contribution is 2.21. The predicted octanol–water partition coefficient (Wildman–Crippen LogP) is 3.26. The summed E-state index contributed by atoms with van der Waals surface area (Å²) in [6.45, 7) is 13.1. The molecule has 1 rings (SSSR count). The van der Waals surface area contributed by atoms with Crippen molar-refractivity contribution in [2.75, 3.05) is 13.1 Å². The molecule has 0 unspecified atom stereocenters. The molecule has 1 radical (unpaired) electrons. The normalized spacial score (nSPS) is 12.5. The minimum Gasteiger partial charge on any atom is -0.309 e. The maximum Gasteiger partial charge on any atom is 0.287 e. The van der Waals surface area contributed by atoms with Gasteiger partial charge in [-0.1, -0.05) is 58.9 Å². The van der Waals surface area contributed by atoms with Crippen LogP contribution >= 0.6 is 11.1 Å². The van der Waals surface area contributed by atoms with E-state index in [0.717, 1.165) is 13.1 Å². The van der Waals surface area contributed by atoms with Crippen LogP contribution in [0.4, 0.5) is 0 Å². The van der Waals surface area contributed by atoms with Crippen molar-refractivity contribution in [2.45, 2.75) is 40.0 Å². The van der Waals surface area contributed by atoms with Crippen LogP contribution in [0.15, 0.2) is 24.3 Å². The zero-order valence-electron chi connectivity index (χ0n) is 11.5. The first-order valence-electron chi connectivity index (χ1n) is 6.29. The van der Waals surface area contributed by atoms with Gasteiger partial charge >= 0.3 is 0 Å². The average molecular weight is 269 g/mol. The summed E-state index contributed by atoms with van der Waals surface area (Å²) in [5.41, 5.74) is 1.55. The zero-order valence-corrected chi connectivity index (χ0v) is 13.3. The minimum atomic E-state index is -1.11. The summed E-state index contributed by atoms with van der Waals surface area (Å²) in [6, 6.07) is 8.62. The highest BCUT2D eigenvalue weighted by molar-refractivity contribution is 7.12. The van der Waals surface area contributed by atoms with Crippen LogP contribution in [-0.4, -0.2) is 25.9 Å². The summed E-state index contributed by atoms with van der Waals surface area (Å²) in [5.74, 6) is 0. The molecule has 17 heavy (non-hydrogen) atoms. The second-order valence-corrected chi connectivity index (χ2v) is 8.09. The van der Waals surface area contributed by atoms with Crippen molar-refractivity contribution < 1.29 is 0 Å². The Labute approximate surface area is 112 Å². The lowest BCUT2D eigenvalue weighted by atomic mass is 9.87. The van der Waals surface area contributed by atoms with E-state index in [1.807, 2.05) is 0 Å². The molecule has 1 nitrogen and oxygen atoms in total. The van der Waals surface area contributed by atoms with Gasteiger partial charge in [-0.3, -0.25) is 0 Å². The van der Waals surface area contributed by atoms with Gasteiger partial charge in [0.2, 0.25) is 0 Å². The summed E-state index contributed by atoms with van der Waals surface area (Å²) in [4.78, 5) is 0. The van der Waals surface area contributed by atoms with Gasteiger partial charge in [-0.25, -0.2) is 0 Å². The quantitative estimate of drug-likeness (QED) is 0.599. The molecule has 0 aromatic heterocycles. The second kappa shape index (κ2) is 6.03. The molecular formula is C14H23ClNSi. The predicted molar refractivity (Wildman–Crippen MR) is 79.3 cm³/mol. The average Bonchev–Trinajstić information content (AvgIpc) is 2.29. The topological polar surface area (TPSA) is 3.24 Å². The molecule has 0 aliphatic carbocycles. The van der Waals surface area contributed by atoms with Crippen molar-refractivity contribution in [1.82, 2.24) is 4.57 Å². The Morgan fingerprint density at radius 1 is 1.12 bits per heavy atom. The fourth-order valence-corrected chi connectivity index (χ4v) is 5.01. The molecule has 0 heterocycles. The number of nitrogens with zero attached hydrogens (tertiary/aromatic N) is 1. The van der Waals surface area contributed by atoms with Crippen LogP contribution in [0.25, 0.3) is 0 Å². The summed E-state index contributed by atoms with van der Waals surface area (Å²) in [5, 5.41) is 1.34. The van der Waals surface area contributed by atoms with Gasteiger partial charge in [0, 0.05) is 0 Å². The van der Waals surface area contributed by atoms with Gasteiger partial charge in [-0.15, -0.1) is 11.1 Å². The van der Waals surface area contributed by atoms with Gasteiger partial charge in [0.05, 0.1) is 0 Å². The molecule has 3 heteroatoms. The number of hydrogen-bond donors (Lipinski definition) is 0. The third-order valence-electron chi connectivity index (χ3n) is 3.00. The van der Waals surface area contributed by atoms with Crippen molar-refractivity contribution in [2.24, 2.45) is 0 Å². The van der Waals surface area contributed by atoms with Crippen LogP contribution in [0.5, 0.6) is 0 Å². The third-order valence-corrected chi connectivity index (χ3v) is 6.39. The zero-order chi connectivity index (χ0) is 13.1. The van der Waals surface area contributed by atoms with E-state index in [0.29, 0.717) is 0 Å². The smallest absolute Gasteiger partial charge is 0.287 e. The first-order chi connectivity index (χ1) is 7.91. The number of halogens is 1. The highest BCUT2D eigenvalue weighted by Gasteiger charge is 2.26. The van der Waals surface area contributed by atoms with Crippen LogP contribution in [0.3, 0.4) is 0 Å². The third kappa shape index (κ3) is 3.57. The minimum absolute atomic E-state index is 0.161. The van der Waals surface area contributed by atoms with Crippen molar-refractivity contribution in [3.05, 3.63) is 29.8 Å². The summed E-state index contributed by atoms with van der Waals surface area (Å²) >= 11 is 6.71. The lowest BCUT2D eigenvalue weighted by Crippen LogP contribution is -2.47. The van der Waals surface area contributed by atoms with E-state index in [2.05, 4.69) is 63.4 Å². The maximum absolute atomic E-state index is 6.71. The fraction of sp³-hybridized carbons (Fsp3) is 0.571. The van der Waals surface area contributed by atoms with Crippen LogP contribution in [-0.2, 0) is 5.41 Å². The van der Waals surface area contributed by atoms with Crippen molar-refractivity contribution in [3.63, 3.8) is 0 Å². The summed E-state index contributed by atoms with van der Waals surface area (Å²) in [6.07, 6.45) is 0. The molecule has 0 N–H and O–H groups in total. The Morgan fingerprint density at radius 2 is 1.65 bits per heavy atom. The van der Waals surface area contributed by atoms with Crippen molar-refractivity contribution in [1.29, 1.82) is 0 Å². The molecule has 0 aliphatic rings. The Bertz CT molecular complexity index is 355. The molecule has 0 bridgehead atoms. The van der Waals surface area contributed by atoms with E-state index in [-0.39, 0.29) is 5.41 Å². The molecule has 1 aromatic rings. The van der Waals surface area contributed by atoms with Crippen molar-refractivity contribution in [3.8, 4) is 0 Å². The van der Waals surface area contributed by atoms with Gasteiger partial charge in [-0.2, -0.15) is 0 Å². The molecular weight excluding hydrogens is 246 g/mol. The molecule has 1 aromatic carbocycles. The van der Waals surface area contributed by atoms with Gasteiger partial charge < -0.3 is 4.57 Å². The highest BCUT2D eigenvalue weighted by atomic mass is 35.6. The van der Waals surface area contributed by atoms with Gasteiger partial charge in [0.15, 0.2) is 0 Å². The molecule has 0 amide bonds. The van der Waals surface area contributed by atoms with Crippen LogP contribution < -0.4 is 5.19 Å². The van der Waals surface area contributed by atoms with Gasteiger partial charge in [0.25, 0.3) is 8.27 Å². The Hall–Kier alpha value is -0.313. The van der Waals surface area contributed by atoms with Gasteiger partial charge in [0.1, 0.15) is 0 Å². The van der Waals surface area contributed by atoms with Crippen LogP contribution in [0, 0.1) is 0 Å². The molecule has 0 fully saturated rings. The summed E-state index contributed by atoms with van der Waals surface area (Å²) in [7, 11) is -1.11. The second-order valence-electron chi connectivity index (χ2n) is 5.26. The van der Waals surface area contributed by atoms with E-state index >= 15 is 0 Å². The van der Waals surface area contributed by atoms with Crippen LogP contribution in [0.2, 0.25) is 0 Å². The Balaban J connectivity index is 3.13. The monoisotopic (exact) mass is 268 g/mol. The number of hydrogen-bond acceptors (Lipinski definition) is 1. The Kier molecular flexibility index (Phi) is 5.23. The standard InChI is InChI=1S/C14H23ClNSi/c1-6-16(7-2)17(15)13-11-9-8-10-12(13)14(3,4)5/h8-11H,6-7H2,1-5H3. The molecule has 0 spiro atoms. The molecule has 0 saturated heterocycles. The van der Waals surface area contributed by atoms with E-state index in [1.54, 1.807) is 0 Å². The SMILES string of the molecule is CCN(CC)[Si](Cl)c1ccccc1C(C)(C)C. The number of benzene rings is 1. The molecule has 0 atom stereocenters. The van der Waals surface area contributed by atoms with Gasteiger partial charge in [-0.05, 0) is 29.3 Å². The molecule has 95 valence electrons. The lowest BCUT2D eigenvalue weighted by Gasteiger charge is -2.28. The van der Waals surface area contributed by atoms with Crippen LogP contribution in [0.1, 0.15) is 40.2 Å². The van der Waals surface area contributed by atoms with E-state index in [4.69, 9.17) is 11.1 Å². The van der Waals surface area contributed by atoms with Crippen molar-refractivity contribution >= 4 is 24.5 Å². The maximum atomic E-state index is 6.71. The largest absolute Gasteiger partial charge is 0.309 e. The first-order valence-corrected chi connectivity index (χ1v) is 8.75. The number of rotatable bonds is 4. The van der Waals surface area contributed by atoms with E-state index in [9.17, 15) is 0 Å². The summed E-state index contributed by atoms with van der Waals surface area (Å²) < 4.78 is 2.37. The fourth-order valence-electron chi connectivity index (χ4n) is 1.99. The molecule has 0 saturated carbocycles. The first kappa shape index (κ1) is 14.7. The lowest BCUT2D eigenvalue weighted by molar-refractivity contribution is 0.493. The van der Waals surface area contributed by atoms with E-state index in [1.165, 1.54) is 10.8 Å². The molecule has 0 aliphatic heterocycles. The van der Waals surface area contributed by atoms with E-state index < -0.39 is 8.27 Å². The Morgan fingerprint density at radius 3 is 2.12 bits per heavy atom.